The van der Waals surface area contributed by atoms with Crippen molar-refractivity contribution in [2.24, 2.45) is 5.92 Å². The zero-order valence-electron chi connectivity index (χ0n) is 9.05. The molecule has 0 N–H and O–H groups in total. The van der Waals surface area contributed by atoms with Gasteiger partial charge in [-0.3, -0.25) is 4.79 Å². The molecule has 1 aliphatic rings. The minimum absolute atomic E-state index is 0.251. The van der Waals surface area contributed by atoms with Gasteiger partial charge >= 0.3 is 0 Å². The van der Waals surface area contributed by atoms with Crippen LogP contribution >= 0.6 is 0 Å². The molecule has 0 aromatic rings. The second-order valence-electron chi connectivity index (χ2n) is 4.50. The Labute approximate surface area is 81.3 Å². The van der Waals surface area contributed by atoms with Gasteiger partial charge in [0.2, 0.25) is 5.91 Å². The van der Waals surface area contributed by atoms with Gasteiger partial charge < -0.3 is 4.90 Å². The van der Waals surface area contributed by atoms with E-state index in [-0.39, 0.29) is 5.91 Å². The fourth-order valence-corrected chi connectivity index (χ4v) is 2.14. The molecule has 1 rings (SSSR count). The van der Waals surface area contributed by atoms with Gasteiger partial charge in [0.15, 0.2) is 0 Å². The Kier molecular flexibility index (Phi) is 3.76. The van der Waals surface area contributed by atoms with E-state index < -0.39 is 0 Å². The zero-order chi connectivity index (χ0) is 9.84. The summed E-state index contributed by atoms with van der Waals surface area (Å²) >= 11 is 0. The van der Waals surface area contributed by atoms with E-state index >= 15 is 0 Å². The molecular formula is C11H21NO. The van der Waals surface area contributed by atoms with E-state index in [0.29, 0.717) is 12.0 Å². The third kappa shape index (κ3) is 3.02. The van der Waals surface area contributed by atoms with Crippen LogP contribution in [-0.2, 0) is 4.79 Å². The third-order valence-electron chi connectivity index (χ3n) is 2.73. The van der Waals surface area contributed by atoms with E-state index in [1.807, 2.05) is 0 Å². The van der Waals surface area contributed by atoms with Crippen LogP contribution in [0.25, 0.3) is 0 Å². The maximum Gasteiger partial charge on any atom is 0.219 e. The molecule has 0 aliphatic heterocycles. The molecule has 0 heterocycles. The van der Waals surface area contributed by atoms with Gasteiger partial charge in [0, 0.05) is 19.5 Å². The molecule has 2 nitrogen and oxygen atoms in total. The Morgan fingerprint density at radius 2 is 1.92 bits per heavy atom. The quantitative estimate of drug-likeness (QED) is 0.658. The van der Waals surface area contributed by atoms with Crippen molar-refractivity contribution in [3.8, 4) is 0 Å². The van der Waals surface area contributed by atoms with Crippen LogP contribution in [0.1, 0.15) is 46.5 Å². The lowest BCUT2D eigenvalue weighted by Gasteiger charge is -2.29. The molecule has 1 fully saturated rings. The number of rotatable bonds is 3. The van der Waals surface area contributed by atoms with Crippen LogP contribution in [0.15, 0.2) is 0 Å². The molecule has 0 atom stereocenters. The van der Waals surface area contributed by atoms with Gasteiger partial charge in [0.1, 0.15) is 0 Å². The topological polar surface area (TPSA) is 20.3 Å². The van der Waals surface area contributed by atoms with Crippen LogP contribution in [0.4, 0.5) is 0 Å². The van der Waals surface area contributed by atoms with Crippen molar-refractivity contribution in [2.75, 3.05) is 6.54 Å². The van der Waals surface area contributed by atoms with Crippen molar-refractivity contribution in [1.29, 1.82) is 0 Å². The summed E-state index contributed by atoms with van der Waals surface area (Å²) in [4.78, 5) is 13.5. The highest BCUT2D eigenvalue weighted by Crippen LogP contribution is 2.24. The van der Waals surface area contributed by atoms with E-state index in [0.717, 1.165) is 6.54 Å². The zero-order valence-corrected chi connectivity index (χ0v) is 9.05. The first-order valence-electron chi connectivity index (χ1n) is 5.38. The fourth-order valence-electron chi connectivity index (χ4n) is 2.14. The molecule has 0 spiro atoms. The van der Waals surface area contributed by atoms with E-state index in [1.54, 1.807) is 6.92 Å². The molecule has 0 bridgehead atoms. The van der Waals surface area contributed by atoms with Crippen LogP contribution < -0.4 is 0 Å². The first-order chi connectivity index (χ1) is 6.11. The normalized spacial score (nSPS) is 18.2. The van der Waals surface area contributed by atoms with Crippen molar-refractivity contribution in [1.82, 2.24) is 4.90 Å². The summed E-state index contributed by atoms with van der Waals surface area (Å²) in [6.07, 6.45) is 5.03. The lowest BCUT2D eigenvalue weighted by atomic mass is 10.1. The minimum atomic E-state index is 0.251. The Hall–Kier alpha value is -0.530. The number of hydrogen-bond donors (Lipinski definition) is 0. The maximum atomic E-state index is 11.4. The number of carbonyl (C=O) groups excluding carboxylic acids is 1. The average molecular weight is 183 g/mol. The molecule has 0 aromatic heterocycles. The maximum absolute atomic E-state index is 11.4. The highest BCUT2D eigenvalue weighted by atomic mass is 16.2. The van der Waals surface area contributed by atoms with Gasteiger partial charge in [-0.25, -0.2) is 0 Å². The summed E-state index contributed by atoms with van der Waals surface area (Å²) < 4.78 is 0. The van der Waals surface area contributed by atoms with E-state index in [1.165, 1.54) is 25.7 Å². The van der Waals surface area contributed by atoms with Gasteiger partial charge in [-0.15, -0.1) is 0 Å². The van der Waals surface area contributed by atoms with E-state index in [9.17, 15) is 4.79 Å². The Morgan fingerprint density at radius 3 is 2.31 bits per heavy atom. The summed E-state index contributed by atoms with van der Waals surface area (Å²) in [7, 11) is 0. The first kappa shape index (κ1) is 10.6. The molecule has 13 heavy (non-hydrogen) atoms. The molecule has 1 saturated carbocycles. The first-order valence-corrected chi connectivity index (χ1v) is 5.38. The van der Waals surface area contributed by atoms with Gasteiger partial charge in [-0.1, -0.05) is 26.7 Å². The second-order valence-corrected chi connectivity index (χ2v) is 4.50. The van der Waals surface area contributed by atoms with Crippen LogP contribution in [0.3, 0.4) is 0 Å². The highest BCUT2D eigenvalue weighted by Gasteiger charge is 2.24. The van der Waals surface area contributed by atoms with Gasteiger partial charge in [-0.2, -0.15) is 0 Å². The molecule has 0 saturated heterocycles. The van der Waals surface area contributed by atoms with Crippen LogP contribution in [0, 0.1) is 5.92 Å². The number of nitrogens with zero attached hydrogens (tertiary/aromatic N) is 1. The van der Waals surface area contributed by atoms with Crippen LogP contribution in [0.5, 0.6) is 0 Å². The van der Waals surface area contributed by atoms with Crippen molar-refractivity contribution in [3.05, 3.63) is 0 Å². The van der Waals surface area contributed by atoms with Gasteiger partial charge in [0.25, 0.3) is 0 Å². The van der Waals surface area contributed by atoms with Crippen LogP contribution in [0.2, 0.25) is 0 Å². The van der Waals surface area contributed by atoms with Crippen molar-refractivity contribution >= 4 is 5.91 Å². The molecule has 0 aromatic carbocycles. The molecule has 2 heteroatoms. The molecule has 76 valence electrons. The Morgan fingerprint density at radius 1 is 1.38 bits per heavy atom. The largest absolute Gasteiger partial charge is 0.340 e. The second kappa shape index (κ2) is 4.64. The summed E-state index contributed by atoms with van der Waals surface area (Å²) in [6, 6.07) is 0.542. The summed E-state index contributed by atoms with van der Waals surface area (Å²) in [5, 5.41) is 0. The summed E-state index contributed by atoms with van der Waals surface area (Å²) in [6.45, 7) is 6.97. The standard InChI is InChI=1S/C11H21NO/c1-9(2)8-12(10(3)13)11-6-4-5-7-11/h9,11H,4-8H2,1-3H3. The number of amides is 1. The lowest BCUT2D eigenvalue weighted by molar-refractivity contribution is -0.131. The Bertz CT molecular complexity index is 171. The van der Waals surface area contributed by atoms with E-state index in [4.69, 9.17) is 0 Å². The van der Waals surface area contributed by atoms with Crippen molar-refractivity contribution in [2.45, 2.75) is 52.5 Å². The van der Waals surface area contributed by atoms with E-state index in [2.05, 4.69) is 18.7 Å². The number of hydrogen-bond acceptors (Lipinski definition) is 1. The fraction of sp³-hybridized carbons (Fsp3) is 0.909. The highest BCUT2D eigenvalue weighted by molar-refractivity contribution is 5.73. The molecule has 1 amide bonds. The van der Waals surface area contributed by atoms with Gasteiger partial charge in [0.05, 0.1) is 0 Å². The molecule has 1 aliphatic carbocycles. The monoisotopic (exact) mass is 183 g/mol. The van der Waals surface area contributed by atoms with Crippen molar-refractivity contribution < 1.29 is 4.79 Å². The number of carbonyl (C=O) groups is 1. The smallest absolute Gasteiger partial charge is 0.219 e. The third-order valence-corrected chi connectivity index (χ3v) is 2.73. The minimum Gasteiger partial charge on any atom is -0.340 e. The summed E-state index contributed by atoms with van der Waals surface area (Å²) in [5.74, 6) is 0.838. The molecule has 0 unspecified atom stereocenters. The molecular weight excluding hydrogens is 162 g/mol. The Balaban J connectivity index is 2.50. The SMILES string of the molecule is CC(=O)N(CC(C)C)C1CCCC1. The predicted molar refractivity (Wildman–Crippen MR) is 54.5 cm³/mol. The average Bonchev–Trinajstić information content (AvgIpc) is 2.50. The summed E-state index contributed by atoms with van der Waals surface area (Å²) in [5.41, 5.74) is 0. The van der Waals surface area contributed by atoms with Crippen LogP contribution in [-0.4, -0.2) is 23.4 Å². The predicted octanol–water partition coefficient (Wildman–Crippen LogP) is 2.43. The lowest BCUT2D eigenvalue weighted by Crippen LogP contribution is -2.39. The molecule has 0 radical (unpaired) electrons. The van der Waals surface area contributed by atoms with Crippen molar-refractivity contribution in [3.63, 3.8) is 0 Å². The van der Waals surface area contributed by atoms with Gasteiger partial charge in [-0.05, 0) is 18.8 Å².